The number of nitrogens with one attached hydrogen (secondary N) is 1. The third-order valence-electron chi connectivity index (χ3n) is 4.38. The van der Waals surface area contributed by atoms with Crippen LogP contribution in [0.15, 0.2) is 42.5 Å². The Hall–Kier alpha value is -3.02. The first-order chi connectivity index (χ1) is 13.1. The molecule has 0 fully saturated rings. The lowest BCUT2D eigenvalue weighted by Crippen LogP contribution is -2.32. The fourth-order valence-electron chi connectivity index (χ4n) is 3.00. The van der Waals surface area contributed by atoms with Gasteiger partial charge >= 0.3 is 0 Å². The molecule has 0 saturated heterocycles. The molecule has 0 aliphatic carbocycles. The van der Waals surface area contributed by atoms with Crippen molar-refractivity contribution in [2.24, 2.45) is 0 Å². The maximum Gasteiger partial charge on any atom is 0.257 e. The van der Waals surface area contributed by atoms with Crippen molar-refractivity contribution >= 4 is 17.5 Å². The summed E-state index contributed by atoms with van der Waals surface area (Å²) < 4.78 is 11.1. The zero-order valence-corrected chi connectivity index (χ0v) is 15.7. The van der Waals surface area contributed by atoms with E-state index in [4.69, 9.17) is 9.47 Å². The van der Waals surface area contributed by atoms with Gasteiger partial charge in [0.1, 0.15) is 18.1 Å². The molecule has 0 atom stereocenters. The minimum absolute atomic E-state index is 0.0763. The first-order valence-electron chi connectivity index (χ1n) is 9.18. The van der Waals surface area contributed by atoms with Crippen molar-refractivity contribution in [2.45, 2.75) is 20.3 Å². The third kappa shape index (κ3) is 4.58. The third-order valence-corrected chi connectivity index (χ3v) is 4.38. The van der Waals surface area contributed by atoms with Gasteiger partial charge in [-0.1, -0.05) is 12.1 Å². The summed E-state index contributed by atoms with van der Waals surface area (Å²) in [5.74, 6) is 1.12. The molecule has 1 aliphatic heterocycles. The van der Waals surface area contributed by atoms with Crippen LogP contribution in [-0.4, -0.2) is 43.0 Å². The van der Waals surface area contributed by atoms with Crippen LogP contribution in [0.25, 0.3) is 0 Å². The highest BCUT2D eigenvalue weighted by atomic mass is 16.5. The van der Waals surface area contributed by atoms with Gasteiger partial charge in [-0.2, -0.15) is 0 Å². The molecule has 0 unspecified atom stereocenters. The Morgan fingerprint density at radius 1 is 1.19 bits per heavy atom. The second kappa shape index (κ2) is 8.58. The molecule has 0 aromatic heterocycles. The predicted octanol–water partition coefficient (Wildman–Crippen LogP) is 3.12. The number of nitrogens with zero attached hydrogens (tertiary/aromatic N) is 1. The van der Waals surface area contributed by atoms with Crippen LogP contribution in [0.3, 0.4) is 0 Å². The number of carbonyl (C=O) groups is 2. The number of carbonyl (C=O) groups excluding carboxylic acids is 2. The smallest absolute Gasteiger partial charge is 0.257 e. The SMILES string of the molecule is CCOc1ccc(CC(=O)Nc2ccc3c(c2)C(=O)N(CC)CCO3)cc1. The van der Waals surface area contributed by atoms with Crippen molar-refractivity contribution < 1.29 is 19.1 Å². The van der Waals surface area contributed by atoms with Gasteiger partial charge in [0.2, 0.25) is 5.91 Å². The first kappa shape index (κ1) is 18.8. The van der Waals surface area contributed by atoms with Gasteiger partial charge in [0.05, 0.1) is 25.1 Å². The zero-order chi connectivity index (χ0) is 19.2. The molecule has 0 spiro atoms. The number of ether oxygens (including phenoxy) is 2. The minimum atomic E-state index is -0.145. The monoisotopic (exact) mass is 368 g/mol. The summed E-state index contributed by atoms with van der Waals surface area (Å²) in [5.41, 5.74) is 1.95. The highest BCUT2D eigenvalue weighted by Gasteiger charge is 2.23. The van der Waals surface area contributed by atoms with Gasteiger partial charge in [-0.05, 0) is 49.7 Å². The van der Waals surface area contributed by atoms with Crippen LogP contribution in [-0.2, 0) is 11.2 Å². The number of hydrogen-bond donors (Lipinski definition) is 1. The van der Waals surface area contributed by atoms with E-state index in [2.05, 4.69) is 5.32 Å². The lowest BCUT2D eigenvalue weighted by atomic mass is 10.1. The summed E-state index contributed by atoms with van der Waals surface area (Å²) in [4.78, 5) is 26.7. The molecule has 2 aromatic rings. The maximum atomic E-state index is 12.6. The Balaban J connectivity index is 1.68. The summed E-state index contributed by atoms with van der Waals surface area (Å²) in [7, 11) is 0. The van der Waals surface area contributed by atoms with Crippen LogP contribution in [0, 0.1) is 0 Å². The van der Waals surface area contributed by atoms with Crippen LogP contribution in [0.2, 0.25) is 0 Å². The quantitative estimate of drug-likeness (QED) is 0.851. The molecule has 1 aliphatic rings. The van der Waals surface area contributed by atoms with E-state index in [0.717, 1.165) is 11.3 Å². The van der Waals surface area contributed by atoms with E-state index in [9.17, 15) is 9.59 Å². The average Bonchev–Trinajstić information content (AvgIpc) is 2.82. The minimum Gasteiger partial charge on any atom is -0.494 e. The van der Waals surface area contributed by atoms with Crippen molar-refractivity contribution in [1.82, 2.24) is 4.90 Å². The van der Waals surface area contributed by atoms with Crippen molar-refractivity contribution in [3.63, 3.8) is 0 Å². The second-order valence-corrected chi connectivity index (χ2v) is 6.25. The lowest BCUT2D eigenvalue weighted by Gasteiger charge is -2.17. The molecular weight excluding hydrogens is 344 g/mol. The van der Waals surface area contributed by atoms with Gasteiger partial charge < -0.3 is 19.7 Å². The number of benzene rings is 2. The normalized spacial score (nSPS) is 13.4. The van der Waals surface area contributed by atoms with Crippen LogP contribution < -0.4 is 14.8 Å². The molecule has 0 radical (unpaired) electrons. The van der Waals surface area contributed by atoms with Crippen molar-refractivity contribution in [2.75, 3.05) is 31.6 Å². The number of rotatable bonds is 6. The Kier molecular flexibility index (Phi) is 5.96. The summed E-state index contributed by atoms with van der Waals surface area (Å²) in [6.45, 7) is 6.12. The van der Waals surface area contributed by atoms with E-state index < -0.39 is 0 Å². The van der Waals surface area contributed by atoms with Crippen molar-refractivity contribution in [3.05, 3.63) is 53.6 Å². The lowest BCUT2D eigenvalue weighted by molar-refractivity contribution is -0.115. The van der Waals surface area contributed by atoms with Gasteiger partial charge in [-0.15, -0.1) is 0 Å². The number of hydrogen-bond acceptors (Lipinski definition) is 4. The molecule has 6 heteroatoms. The fraction of sp³-hybridized carbons (Fsp3) is 0.333. The largest absolute Gasteiger partial charge is 0.494 e. The summed E-state index contributed by atoms with van der Waals surface area (Å²) in [5, 5.41) is 2.86. The second-order valence-electron chi connectivity index (χ2n) is 6.25. The Labute approximate surface area is 159 Å². The van der Waals surface area contributed by atoms with Crippen LogP contribution >= 0.6 is 0 Å². The van der Waals surface area contributed by atoms with Crippen LogP contribution in [0.1, 0.15) is 29.8 Å². The molecule has 27 heavy (non-hydrogen) atoms. The molecule has 1 N–H and O–H groups in total. The summed E-state index contributed by atoms with van der Waals surface area (Å²) in [6.07, 6.45) is 0.245. The molecular formula is C21H24N2O4. The van der Waals surface area contributed by atoms with Crippen molar-refractivity contribution in [3.8, 4) is 11.5 Å². The molecule has 0 saturated carbocycles. The Morgan fingerprint density at radius 3 is 2.67 bits per heavy atom. The fourth-order valence-corrected chi connectivity index (χ4v) is 3.00. The Morgan fingerprint density at radius 2 is 1.96 bits per heavy atom. The standard InChI is InChI=1S/C21H24N2O4/c1-3-23-11-12-27-19-10-7-16(14-18(19)21(23)25)22-20(24)13-15-5-8-17(9-6-15)26-4-2/h5-10,14H,3-4,11-13H2,1-2H3,(H,22,24). The molecule has 2 amide bonds. The van der Waals surface area contributed by atoms with Gasteiger partial charge in [0.25, 0.3) is 5.91 Å². The van der Waals surface area contributed by atoms with Crippen LogP contribution in [0.5, 0.6) is 11.5 Å². The highest BCUT2D eigenvalue weighted by Crippen LogP contribution is 2.26. The maximum absolute atomic E-state index is 12.6. The van der Waals surface area contributed by atoms with E-state index in [1.54, 1.807) is 23.1 Å². The van der Waals surface area contributed by atoms with Gasteiger partial charge in [0, 0.05) is 12.2 Å². The molecule has 2 aromatic carbocycles. The van der Waals surface area contributed by atoms with Crippen molar-refractivity contribution in [1.29, 1.82) is 0 Å². The average molecular weight is 368 g/mol. The first-order valence-corrected chi connectivity index (χ1v) is 9.18. The molecule has 3 rings (SSSR count). The predicted molar refractivity (Wildman–Crippen MR) is 103 cm³/mol. The number of fused-ring (bicyclic) bond motifs is 1. The van der Waals surface area contributed by atoms with E-state index in [0.29, 0.717) is 43.3 Å². The molecule has 1 heterocycles. The van der Waals surface area contributed by atoms with Gasteiger partial charge in [0.15, 0.2) is 0 Å². The number of likely N-dealkylation sites (N-methyl/N-ethyl adjacent to an activating group) is 1. The van der Waals surface area contributed by atoms with Crippen LogP contribution in [0.4, 0.5) is 5.69 Å². The van der Waals surface area contributed by atoms with E-state index in [1.807, 2.05) is 38.1 Å². The highest BCUT2D eigenvalue weighted by molar-refractivity contribution is 6.00. The zero-order valence-electron chi connectivity index (χ0n) is 15.7. The Bertz CT molecular complexity index is 817. The molecule has 6 nitrogen and oxygen atoms in total. The van der Waals surface area contributed by atoms with Gasteiger partial charge in [-0.3, -0.25) is 9.59 Å². The van der Waals surface area contributed by atoms with Gasteiger partial charge in [-0.25, -0.2) is 0 Å². The number of amides is 2. The molecule has 142 valence electrons. The van der Waals surface area contributed by atoms with E-state index >= 15 is 0 Å². The number of anilines is 1. The van der Waals surface area contributed by atoms with E-state index in [1.165, 1.54) is 0 Å². The van der Waals surface area contributed by atoms with E-state index in [-0.39, 0.29) is 18.2 Å². The molecule has 0 bridgehead atoms. The topological polar surface area (TPSA) is 67.9 Å². The summed E-state index contributed by atoms with van der Waals surface area (Å²) >= 11 is 0. The summed E-state index contributed by atoms with van der Waals surface area (Å²) in [6, 6.07) is 12.6.